The van der Waals surface area contributed by atoms with Crippen LogP contribution in [0.5, 0.6) is 11.5 Å². The van der Waals surface area contributed by atoms with Crippen molar-refractivity contribution in [2.45, 2.75) is 6.92 Å². The van der Waals surface area contributed by atoms with Crippen LogP contribution >= 0.6 is 11.8 Å². The van der Waals surface area contributed by atoms with Gasteiger partial charge in [-0.25, -0.2) is 0 Å². The smallest absolute Gasteiger partial charge is 0.325 e. The Hall–Kier alpha value is -3.08. The zero-order valence-corrected chi connectivity index (χ0v) is 14.5. The molecule has 1 aromatic carbocycles. The second kappa shape index (κ2) is 7.87. The van der Waals surface area contributed by atoms with Crippen LogP contribution in [0.3, 0.4) is 0 Å². The predicted molar refractivity (Wildman–Crippen MR) is 88.4 cm³/mol. The Morgan fingerprint density at radius 2 is 2.08 bits per heavy atom. The number of nitrogens with zero attached hydrogens (tertiary/aromatic N) is 2. The zero-order chi connectivity index (χ0) is 19.4. The topological polar surface area (TPSA) is 139 Å². The van der Waals surface area contributed by atoms with E-state index in [0.29, 0.717) is 16.7 Å². The molecule has 0 atom stereocenters. The summed E-state index contributed by atoms with van der Waals surface area (Å²) in [6.07, 6.45) is 1.22. The number of carbonyl (C=O) groups is 3. The number of nitro benzene ring substituents is 1. The number of esters is 1. The molecule has 0 aliphatic carbocycles. The van der Waals surface area contributed by atoms with Gasteiger partial charge in [-0.05, 0) is 36.4 Å². The predicted octanol–water partition coefficient (Wildman–Crippen LogP) is 1.28. The van der Waals surface area contributed by atoms with Gasteiger partial charge < -0.3 is 14.6 Å². The Morgan fingerprint density at radius 1 is 1.38 bits per heavy atom. The van der Waals surface area contributed by atoms with Crippen LogP contribution in [0, 0.1) is 10.1 Å². The van der Waals surface area contributed by atoms with Crippen LogP contribution in [-0.4, -0.2) is 47.2 Å². The number of carbonyl (C=O) groups excluding carboxylic acids is 3. The summed E-state index contributed by atoms with van der Waals surface area (Å²) in [6, 6.07) is 2.23. The molecule has 1 fully saturated rings. The summed E-state index contributed by atoms with van der Waals surface area (Å²) < 4.78 is 9.51. The van der Waals surface area contributed by atoms with Gasteiger partial charge in [0, 0.05) is 11.8 Å². The van der Waals surface area contributed by atoms with Gasteiger partial charge in [-0.1, -0.05) is 0 Å². The molecule has 1 aliphatic rings. The van der Waals surface area contributed by atoms with E-state index in [-0.39, 0.29) is 22.8 Å². The number of imide groups is 1. The first kappa shape index (κ1) is 19.2. The molecule has 2 rings (SSSR count). The molecule has 1 aromatic rings. The summed E-state index contributed by atoms with van der Waals surface area (Å²) in [5.74, 6) is -2.62. The monoisotopic (exact) mass is 381 g/mol. The molecule has 2 amide bonds. The highest BCUT2D eigenvalue weighted by molar-refractivity contribution is 8.18. The van der Waals surface area contributed by atoms with E-state index in [1.165, 1.54) is 12.1 Å². The van der Waals surface area contributed by atoms with Gasteiger partial charge in [-0.2, -0.15) is 0 Å². The number of hydrogen-bond donors (Lipinski definition) is 0. The van der Waals surface area contributed by atoms with E-state index in [9.17, 15) is 29.6 Å². The lowest BCUT2D eigenvalue weighted by atomic mass is 10.1. The number of methoxy groups -OCH3 is 1. The maximum atomic E-state index is 12.2. The summed E-state index contributed by atoms with van der Waals surface area (Å²) in [5, 5.41) is 22.3. The van der Waals surface area contributed by atoms with E-state index in [2.05, 4.69) is 4.74 Å². The van der Waals surface area contributed by atoms with Gasteiger partial charge in [0.1, 0.15) is 12.3 Å². The molecule has 1 heterocycles. The molecule has 138 valence electrons. The van der Waals surface area contributed by atoms with Crippen molar-refractivity contribution >= 4 is 40.6 Å². The highest BCUT2D eigenvalue weighted by Gasteiger charge is 2.36. The first-order chi connectivity index (χ1) is 12.3. The lowest BCUT2D eigenvalue weighted by Gasteiger charge is -2.14. The highest BCUT2D eigenvalue weighted by Crippen LogP contribution is 2.37. The molecular formula is C15H13N2O8S-. The van der Waals surface area contributed by atoms with Crippen LogP contribution in [0.1, 0.15) is 12.5 Å². The molecule has 10 nitrogen and oxygen atoms in total. The van der Waals surface area contributed by atoms with Crippen LogP contribution in [0.4, 0.5) is 10.5 Å². The second-order valence-electron chi connectivity index (χ2n) is 4.90. The number of thioether (sulfide) groups is 1. The molecule has 0 aromatic heterocycles. The van der Waals surface area contributed by atoms with Gasteiger partial charge in [0.25, 0.3) is 16.8 Å². The second-order valence-corrected chi connectivity index (χ2v) is 5.89. The van der Waals surface area contributed by atoms with Crippen molar-refractivity contribution in [3.05, 3.63) is 32.7 Å². The summed E-state index contributed by atoms with van der Waals surface area (Å²) in [5.41, 5.74) is -0.570. The maximum Gasteiger partial charge on any atom is 0.325 e. The quantitative estimate of drug-likeness (QED) is 0.308. The van der Waals surface area contributed by atoms with Crippen molar-refractivity contribution in [2.75, 3.05) is 20.3 Å². The number of amides is 2. The Kier molecular flexibility index (Phi) is 5.82. The van der Waals surface area contributed by atoms with E-state index in [0.717, 1.165) is 13.2 Å². The SMILES string of the molecule is CCOc1cc(/C=C2/SC(=O)N(CC(=O)OC)C2=O)cc([N+](=O)[O-])c1[O-]. The fourth-order valence-corrected chi connectivity index (χ4v) is 2.91. The van der Waals surface area contributed by atoms with E-state index in [1.54, 1.807) is 6.92 Å². The Bertz CT molecular complexity index is 820. The summed E-state index contributed by atoms with van der Waals surface area (Å²) in [7, 11) is 1.12. The van der Waals surface area contributed by atoms with Gasteiger partial charge in [-0.3, -0.25) is 29.4 Å². The van der Waals surface area contributed by atoms with Gasteiger partial charge in [0.2, 0.25) is 0 Å². The highest BCUT2D eigenvalue weighted by atomic mass is 32.2. The van der Waals surface area contributed by atoms with Crippen molar-refractivity contribution in [3.63, 3.8) is 0 Å². The van der Waals surface area contributed by atoms with E-state index in [1.807, 2.05) is 0 Å². The fraction of sp³-hybridized carbons (Fsp3) is 0.267. The van der Waals surface area contributed by atoms with Crippen molar-refractivity contribution < 1.29 is 33.9 Å². The van der Waals surface area contributed by atoms with Gasteiger partial charge in [0.05, 0.1) is 23.5 Å². The van der Waals surface area contributed by atoms with Gasteiger partial charge in [-0.15, -0.1) is 0 Å². The fourth-order valence-electron chi connectivity index (χ4n) is 2.07. The molecule has 26 heavy (non-hydrogen) atoms. The molecule has 1 aliphatic heterocycles. The first-order valence-electron chi connectivity index (χ1n) is 7.22. The average molecular weight is 381 g/mol. The van der Waals surface area contributed by atoms with Crippen molar-refractivity contribution in [2.24, 2.45) is 0 Å². The third-order valence-corrected chi connectivity index (χ3v) is 4.15. The zero-order valence-electron chi connectivity index (χ0n) is 13.7. The Labute approximate surface area is 151 Å². The molecule has 0 bridgehead atoms. The van der Waals surface area contributed by atoms with E-state index >= 15 is 0 Å². The standard InChI is InChI=1S/C15H14N2O8S/c1-3-25-10-5-8(4-9(13(10)19)17(22)23)6-11-14(20)16(15(21)26-11)7-12(18)24-2/h4-6,19H,3,7H2,1-2H3/p-1/b11-6+. The molecule has 11 heteroatoms. The largest absolute Gasteiger partial charge is 0.865 e. The van der Waals surface area contributed by atoms with Crippen LogP contribution < -0.4 is 9.84 Å². The van der Waals surface area contributed by atoms with Crippen LogP contribution in [0.25, 0.3) is 6.08 Å². The van der Waals surface area contributed by atoms with E-state index in [4.69, 9.17) is 4.74 Å². The van der Waals surface area contributed by atoms with Crippen molar-refractivity contribution in [3.8, 4) is 11.5 Å². The third-order valence-electron chi connectivity index (χ3n) is 3.24. The van der Waals surface area contributed by atoms with Gasteiger partial charge in [0.15, 0.2) is 0 Å². The summed E-state index contributed by atoms with van der Waals surface area (Å²) in [4.78, 5) is 46.2. The van der Waals surface area contributed by atoms with Crippen LogP contribution in [-0.2, 0) is 14.3 Å². The summed E-state index contributed by atoms with van der Waals surface area (Å²) >= 11 is 0.569. The lowest BCUT2D eigenvalue weighted by Crippen LogP contribution is -2.34. The average Bonchev–Trinajstić information content (AvgIpc) is 2.84. The Morgan fingerprint density at radius 3 is 2.65 bits per heavy atom. The molecule has 0 unspecified atom stereocenters. The minimum absolute atomic E-state index is 0.0469. The van der Waals surface area contributed by atoms with Gasteiger partial charge >= 0.3 is 5.97 Å². The minimum Gasteiger partial charge on any atom is -0.865 e. The molecule has 0 saturated carbocycles. The van der Waals surface area contributed by atoms with Crippen LogP contribution in [0.2, 0.25) is 0 Å². The Balaban J connectivity index is 2.40. The maximum absolute atomic E-state index is 12.2. The molecule has 0 radical (unpaired) electrons. The minimum atomic E-state index is -0.882. The number of nitro groups is 1. The first-order valence-corrected chi connectivity index (χ1v) is 8.04. The van der Waals surface area contributed by atoms with Crippen molar-refractivity contribution in [1.82, 2.24) is 4.90 Å². The molecule has 0 N–H and O–H groups in total. The number of rotatable bonds is 6. The normalized spacial score (nSPS) is 15.5. The lowest BCUT2D eigenvalue weighted by molar-refractivity contribution is -0.398. The number of ether oxygens (including phenoxy) is 2. The molecule has 1 saturated heterocycles. The van der Waals surface area contributed by atoms with E-state index < -0.39 is 40.0 Å². The number of hydrogen-bond acceptors (Lipinski definition) is 9. The number of benzene rings is 1. The molecule has 0 spiro atoms. The summed E-state index contributed by atoms with van der Waals surface area (Å²) in [6.45, 7) is 1.18. The molecular weight excluding hydrogens is 368 g/mol. The van der Waals surface area contributed by atoms with Crippen molar-refractivity contribution in [1.29, 1.82) is 0 Å². The third kappa shape index (κ3) is 3.94. The van der Waals surface area contributed by atoms with Crippen LogP contribution in [0.15, 0.2) is 17.0 Å².